The van der Waals surface area contributed by atoms with Gasteiger partial charge in [-0.15, -0.1) is 0 Å². The Balaban J connectivity index is 1.33. The minimum atomic E-state index is -1.75. The van der Waals surface area contributed by atoms with Crippen molar-refractivity contribution in [2.24, 2.45) is 0 Å². The lowest BCUT2D eigenvalue weighted by Gasteiger charge is -2.42. The Morgan fingerprint density at radius 1 is 0.810 bits per heavy atom. The van der Waals surface area contributed by atoms with E-state index in [0.717, 1.165) is 6.07 Å². The maximum absolute atomic E-state index is 13.2. The van der Waals surface area contributed by atoms with Gasteiger partial charge in [-0.2, -0.15) is 0 Å². The van der Waals surface area contributed by atoms with Gasteiger partial charge in [-0.1, -0.05) is 12.1 Å². The molecule has 2 aliphatic heterocycles. The predicted molar refractivity (Wildman–Crippen MR) is 142 cm³/mol. The Bertz CT molecular complexity index is 1440. The minimum Gasteiger partial charge on any atom is -0.507 e. The van der Waals surface area contributed by atoms with Crippen molar-refractivity contribution in [1.29, 1.82) is 0 Å². The summed E-state index contributed by atoms with van der Waals surface area (Å²) in [6.07, 6.45) is -13.6. The molecule has 2 aliphatic rings. The van der Waals surface area contributed by atoms with Crippen LogP contribution in [0.5, 0.6) is 17.2 Å². The first-order valence-electron chi connectivity index (χ1n) is 13.1. The molecule has 0 aliphatic carbocycles. The summed E-state index contributed by atoms with van der Waals surface area (Å²) in [4.78, 5) is 13.2. The fraction of sp³-hybridized carbons (Fsp3) is 0.464. The second-order valence-corrected chi connectivity index (χ2v) is 10.2. The Kier molecular flexibility index (Phi) is 8.71. The maximum atomic E-state index is 13.2. The number of aromatic hydroxyl groups is 1. The fourth-order valence-corrected chi connectivity index (χ4v) is 4.87. The Morgan fingerprint density at radius 2 is 1.48 bits per heavy atom. The molecule has 0 saturated carbocycles. The van der Waals surface area contributed by atoms with Gasteiger partial charge in [-0.05, 0) is 24.6 Å². The van der Waals surface area contributed by atoms with Gasteiger partial charge in [0.05, 0.1) is 25.4 Å². The highest BCUT2D eigenvalue weighted by atomic mass is 16.7. The van der Waals surface area contributed by atoms with Crippen LogP contribution in [0.1, 0.15) is 6.92 Å². The van der Waals surface area contributed by atoms with Crippen LogP contribution in [-0.2, 0) is 14.2 Å². The molecule has 0 spiro atoms. The zero-order valence-electron chi connectivity index (χ0n) is 22.5. The normalized spacial score (nSPS) is 33.4. The van der Waals surface area contributed by atoms with Crippen LogP contribution in [0.2, 0.25) is 0 Å². The number of methoxy groups -OCH3 is 1. The lowest BCUT2D eigenvalue weighted by atomic mass is 9.98. The van der Waals surface area contributed by atoms with Gasteiger partial charge in [-0.3, -0.25) is 4.79 Å². The summed E-state index contributed by atoms with van der Waals surface area (Å²) >= 11 is 0. The van der Waals surface area contributed by atoms with E-state index in [1.807, 2.05) is 0 Å². The Hall–Kier alpha value is -3.31. The molecule has 2 aromatic carbocycles. The number of phenolic OH excluding ortho intramolecular Hbond substituents is 1. The third-order valence-corrected chi connectivity index (χ3v) is 7.39. The van der Waals surface area contributed by atoms with Gasteiger partial charge >= 0.3 is 0 Å². The fourth-order valence-electron chi connectivity index (χ4n) is 4.87. The highest BCUT2D eigenvalue weighted by molar-refractivity contribution is 5.88. The smallest absolute Gasteiger partial charge is 0.229 e. The molecule has 3 heterocycles. The van der Waals surface area contributed by atoms with E-state index in [1.165, 1.54) is 26.4 Å². The lowest BCUT2D eigenvalue weighted by Crippen LogP contribution is -2.61. The molecule has 10 atom stereocenters. The van der Waals surface area contributed by atoms with Gasteiger partial charge in [0, 0.05) is 12.1 Å². The molecule has 14 nitrogen and oxygen atoms in total. The second-order valence-electron chi connectivity index (χ2n) is 10.2. The van der Waals surface area contributed by atoms with E-state index in [0.29, 0.717) is 11.3 Å². The summed E-state index contributed by atoms with van der Waals surface area (Å²) in [5, 5.41) is 71.9. The van der Waals surface area contributed by atoms with Crippen molar-refractivity contribution in [3.05, 3.63) is 52.9 Å². The molecule has 1 aromatic heterocycles. The van der Waals surface area contributed by atoms with Crippen molar-refractivity contribution in [1.82, 2.24) is 0 Å². The molecule has 5 rings (SSSR count). The summed E-state index contributed by atoms with van der Waals surface area (Å²) in [5.74, 6) is 0.0283. The van der Waals surface area contributed by atoms with E-state index < -0.39 is 79.2 Å². The van der Waals surface area contributed by atoms with Crippen molar-refractivity contribution in [2.75, 3.05) is 13.7 Å². The molecule has 2 fully saturated rings. The third kappa shape index (κ3) is 5.68. The van der Waals surface area contributed by atoms with Crippen LogP contribution in [0.25, 0.3) is 22.1 Å². The van der Waals surface area contributed by atoms with Gasteiger partial charge in [0.25, 0.3) is 0 Å². The first kappa shape index (κ1) is 30.2. The largest absolute Gasteiger partial charge is 0.507 e. The minimum absolute atomic E-state index is 0.0312. The average Bonchev–Trinajstić information content (AvgIpc) is 2.98. The van der Waals surface area contributed by atoms with Crippen LogP contribution in [0.4, 0.5) is 0 Å². The van der Waals surface area contributed by atoms with Gasteiger partial charge in [-0.25, -0.2) is 0 Å². The average molecular weight is 593 g/mol. The number of rotatable bonds is 7. The third-order valence-electron chi connectivity index (χ3n) is 7.39. The topological polar surface area (TPSA) is 218 Å². The van der Waals surface area contributed by atoms with Crippen LogP contribution in [0.15, 0.2) is 51.9 Å². The monoisotopic (exact) mass is 592 g/mol. The lowest BCUT2D eigenvalue weighted by molar-refractivity contribution is -0.318. The van der Waals surface area contributed by atoms with E-state index in [2.05, 4.69) is 0 Å². The van der Waals surface area contributed by atoms with Gasteiger partial charge < -0.3 is 63.8 Å². The van der Waals surface area contributed by atoms with Crippen molar-refractivity contribution in [3.8, 4) is 28.4 Å². The van der Waals surface area contributed by atoms with Crippen LogP contribution < -0.4 is 14.9 Å². The number of ether oxygens (including phenoxy) is 5. The number of hydrogen-bond acceptors (Lipinski definition) is 14. The molecule has 0 amide bonds. The summed E-state index contributed by atoms with van der Waals surface area (Å²) in [6.45, 7) is 0.987. The van der Waals surface area contributed by atoms with Crippen molar-refractivity contribution in [2.45, 2.75) is 68.3 Å². The molecule has 3 aromatic rings. The Labute approximate surface area is 238 Å². The second kappa shape index (κ2) is 12.1. The molecule has 42 heavy (non-hydrogen) atoms. The molecule has 2 saturated heterocycles. The number of phenols is 1. The first-order chi connectivity index (χ1) is 20.0. The predicted octanol–water partition coefficient (Wildman–Crippen LogP) is -0.795. The number of fused-ring (bicyclic) bond motifs is 1. The van der Waals surface area contributed by atoms with Crippen LogP contribution in [-0.4, -0.2) is 111 Å². The van der Waals surface area contributed by atoms with Crippen LogP contribution in [0.3, 0.4) is 0 Å². The quantitative estimate of drug-likeness (QED) is 0.179. The van der Waals surface area contributed by atoms with E-state index in [9.17, 15) is 40.5 Å². The zero-order valence-corrected chi connectivity index (χ0v) is 22.5. The summed E-state index contributed by atoms with van der Waals surface area (Å²) in [5.41, 5.74) is 0.200. The van der Waals surface area contributed by atoms with Crippen molar-refractivity contribution in [3.63, 3.8) is 0 Å². The molecule has 228 valence electrons. The molecular weight excluding hydrogens is 560 g/mol. The van der Waals surface area contributed by atoms with Crippen molar-refractivity contribution >= 4 is 11.0 Å². The highest BCUT2D eigenvalue weighted by Gasteiger charge is 2.47. The zero-order chi connectivity index (χ0) is 30.3. The van der Waals surface area contributed by atoms with E-state index >= 15 is 0 Å². The number of aliphatic hydroxyl groups excluding tert-OH is 6. The van der Waals surface area contributed by atoms with Gasteiger partial charge in [0.15, 0.2) is 6.29 Å². The van der Waals surface area contributed by atoms with E-state index in [-0.39, 0.29) is 22.3 Å². The van der Waals surface area contributed by atoms with Gasteiger partial charge in [0.2, 0.25) is 11.7 Å². The van der Waals surface area contributed by atoms with Crippen molar-refractivity contribution < 1.29 is 63.8 Å². The highest BCUT2D eigenvalue weighted by Crippen LogP contribution is 2.33. The van der Waals surface area contributed by atoms with Gasteiger partial charge in [0.1, 0.15) is 77.2 Å². The van der Waals surface area contributed by atoms with Crippen LogP contribution in [0, 0.1) is 0 Å². The van der Waals surface area contributed by atoms with E-state index in [4.69, 9.17) is 28.1 Å². The summed E-state index contributed by atoms with van der Waals surface area (Å²) in [6, 6.07) is 9.07. The standard InChI is InChI=1S/C28H32O14/c1-11-20(30)23(33)25(35)27(40-11)39-10-18-22(32)24(34)26(36)28(42-18)41-14-7-16(29)19-17(8-14)38-9-15(21(19)31)12-3-5-13(37-2)6-4-12/h3-9,11,18,20,22-30,32-36H,10H2,1-2H3/t11-,18-,20-,22+,23+,24+,25+,26+,27-,28-/m1/s1. The number of aliphatic hydroxyl groups is 6. The van der Waals surface area contributed by atoms with Crippen LogP contribution >= 0.6 is 0 Å². The molecule has 0 unspecified atom stereocenters. The summed E-state index contributed by atoms with van der Waals surface area (Å²) < 4.78 is 32.8. The Morgan fingerprint density at radius 3 is 2.17 bits per heavy atom. The number of hydrogen-bond donors (Lipinski definition) is 7. The maximum Gasteiger partial charge on any atom is 0.229 e. The first-order valence-corrected chi connectivity index (χ1v) is 13.1. The molecule has 0 bridgehead atoms. The number of benzene rings is 2. The molecule has 14 heteroatoms. The summed E-state index contributed by atoms with van der Waals surface area (Å²) in [7, 11) is 1.52. The molecule has 7 N–H and O–H groups in total. The van der Waals surface area contributed by atoms with E-state index in [1.54, 1.807) is 24.3 Å². The SMILES string of the molecule is COc1ccc(-c2coc3cc(O[C@@H]4O[C@H](CO[C@@H]5O[C@H](C)[C@@H](O)[C@H](O)[C@@H]5O)[C@H](O)[C@H](O)[C@@H]4O)cc(O)c3c2=O)cc1. The molecule has 0 radical (unpaired) electrons. The molecular formula is C28H32O14.